The van der Waals surface area contributed by atoms with Gasteiger partial charge in [-0.15, -0.1) is 0 Å². The van der Waals surface area contributed by atoms with E-state index in [0.717, 1.165) is 29.7 Å². The highest BCUT2D eigenvalue weighted by atomic mass is 35.5. The Kier molecular flexibility index (Phi) is 4.25. The standard InChI is InChI=1S/C20H16Cl2N2O2/c1-12-15(22)3-2-4-16(12)23-19(25)20(9-10-20)18-11-17(26-24-18)13-5-7-14(21)8-6-13/h2-8,11H,9-10H2,1H3,(H,23,25). The molecule has 26 heavy (non-hydrogen) atoms. The summed E-state index contributed by atoms with van der Waals surface area (Å²) >= 11 is 12.1. The van der Waals surface area contributed by atoms with Crippen molar-refractivity contribution in [1.82, 2.24) is 5.16 Å². The maximum Gasteiger partial charge on any atom is 0.236 e. The van der Waals surface area contributed by atoms with Crippen LogP contribution in [-0.4, -0.2) is 11.1 Å². The lowest BCUT2D eigenvalue weighted by molar-refractivity contribution is -0.118. The smallest absolute Gasteiger partial charge is 0.236 e. The minimum Gasteiger partial charge on any atom is -0.356 e. The molecule has 0 atom stereocenters. The fourth-order valence-electron chi connectivity index (χ4n) is 2.96. The van der Waals surface area contributed by atoms with E-state index in [0.29, 0.717) is 21.5 Å². The van der Waals surface area contributed by atoms with Crippen LogP contribution in [0.5, 0.6) is 0 Å². The molecule has 132 valence electrons. The van der Waals surface area contributed by atoms with Gasteiger partial charge < -0.3 is 9.84 Å². The van der Waals surface area contributed by atoms with Gasteiger partial charge in [0.05, 0.1) is 11.1 Å². The summed E-state index contributed by atoms with van der Waals surface area (Å²) in [6.45, 7) is 1.88. The Labute approximate surface area is 161 Å². The number of hydrogen-bond donors (Lipinski definition) is 1. The molecule has 4 rings (SSSR count). The molecule has 2 aromatic carbocycles. The van der Waals surface area contributed by atoms with Crippen LogP contribution < -0.4 is 5.32 Å². The molecule has 1 fully saturated rings. The number of aromatic nitrogens is 1. The third-order valence-electron chi connectivity index (χ3n) is 4.83. The number of nitrogens with zero attached hydrogens (tertiary/aromatic N) is 1. The van der Waals surface area contributed by atoms with Crippen molar-refractivity contribution in [2.75, 3.05) is 5.32 Å². The molecule has 0 unspecified atom stereocenters. The van der Waals surface area contributed by atoms with Crippen LogP contribution in [0.15, 0.2) is 53.1 Å². The molecule has 1 N–H and O–H groups in total. The lowest BCUT2D eigenvalue weighted by atomic mass is 10.00. The van der Waals surface area contributed by atoms with Gasteiger partial charge in [-0.2, -0.15) is 0 Å². The number of nitrogens with one attached hydrogen (secondary N) is 1. The number of amides is 1. The SMILES string of the molecule is Cc1c(Cl)cccc1NC(=O)C1(c2cc(-c3ccc(Cl)cc3)on2)CC1. The van der Waals surface area contributed by atoms with Gasteiger partial charge in [-0.1, -0.05) is 34.4 Å². The van der Waals surface area contributed by atoms with Crippen LogP contribution in [0.25, 0.3) is 11.3 Å². The first-order valence-electron chi connectivity index (χ1n) is 8.29. The van der Waals surface area contributed by atoms with Gasteiger partial charge in [-0.25, -0.2) is 0 Å². The number of benzene rings is 2. The number of hydrogen-bond acceptors (Lipinski definition) is 3. The highest BCUT2D eigenvalue weighted by Crippen LogP contribution is 2.49. The summed E-state index contributed by atoms with van der Waals surface area (Å²) in [5, 5.41) is 8.42. The molecule has 6 heteroatoms. The first-order chi connectivity index (χ1) is 12.5. The monoisotopic (exact) mass is 386 g/mol. The van der Waals surface area contributed by atoms with E-state index in [1.54, 1.807) is 18.2 Å². The van der Waals surface area contributed by atoms with Crippen LogP contribution in [0.3, 0.4) is 0 Å². The van der Waals surface area contributed by atoms with E-state index in [1.165, 1.54) is 0 Å². The molecular formula is C20H16Cl2N2O2. The maximum absolute atomic E-state index is 12.9. The zero-order chi connectivity index (χ0) is 18.3. The average molecular weight is 387 g/mol. The van der Waals surface area contributed by atoms with E-state index in [1.807, 2.05) is 37.3 Å². The Hall–Kier alpha value is -2.30. The summed E-state index contributed by atoms with van der Waals surface area (Å²) in [5.74, 6) is 0.536. The summed E-state index contributed by atoms with van der Waals surface area (Å²) in [7, 11) is 0. The van der Waals surface area contributed by atoms with Crippen molar-refractivity contribution in [2.45, 2.75) is 25.2 Å². The molecule has 0 spiro atoms. The lowest BCUT2D eigenvalue weighted by Crippen LogP contribution is -2.28. The Bertz CT molecular complexity index is 976. The Morgan fingerprint density at radius 3 is 2.58 bits per heavy atom. The first kappa shape index (κ1) is 17.1. The molecule has 0 saturated heterocycles. The van der Waals surface area contributed by atoms with Gasteiger partial charge in [0.1, 0.15) is 0 Å². The normalized spacial score (nSPS) is 14.9. The molecule has 0 aliphatic heterocycles. The van der Waals surface area contributed by atoms with E-state index in [-0.39, 0.29) is 5.91 Å². The molecule has 1 heterocycles. The van der Waals surface area contributed by atoms with Gasteiger partial charge in [0.25, 0.3) is 0 Å². The number of rotatable bonds is 4. The number of carbonyl (C=O) groups excluding carboxylic acids is 1. The summed E-state index contributed by atoms with van der Waals surface area (Å²) in [5.41, 5.74) is 2.45. The molecule has 0 radical (unpaired) electrons. The van der Waals surface area contributed by atoms with Gasteiger partial charge >= 0.3 is 0 Å². The summed E-state index contributed by atoms with van der Waals surface area (Å²) < 4.78 is 5.47. The van der Waals surface area contributed by atoms with Crippen molar-refractivity contribution in [1.29, 1.82) is 0 Å². The van der Waals surface area contributed by atoms with Crippen LogP contribution >= 0.6 is 23.2 Å². The van der Waals surface area contributed by atoms with Crippen molar-refractivity contribution in [3.05, 3.63) is 69.8 Å². The fraction of sp³-hybridized carbons (Fsp3) is 0.200. The summed E-state index contributed by atoms with van der Waals surface area (Å²) in [6.07, 6.45) is 1.48. The molecule has 1 aromatic heterocycles. The highest BCUT2D eigenvalue weighted by molar-refractivity contribution is 6.31. The van der Waals surface area contributed by atoms with Crippen LogP contribution in [0.2, 0.25) is 10.0 Å². The quantitative estimate of drug-likeness (QED) is 0.632. The summed E-state index contributed by atoms with van der Waals surface area (Å²) in [4.78, 5) is 12.9. The second kappa shape index (κ2) is 6.45. The van der Waals surface area contributed by atoms with Crippen LogP contribution in [0.4, 0.5) is 5.69 Å². The molecule has 3 aromatic rings. The molecular weight excluding hydrogens is 371 g/mol. The highest BCUT2D eigenvalue weighted by Gasteiger charge is 2.54. The molecule has 0 bridgehead atoms. The van der Waals surface area contributed by atoms with Gasteiger partial charge in [-0.05, 0) is 61.7 Å². The van der Waals surface area contributed by atoms with Gasteiger partial charge in [0.15, 0.2) is 5.76 Å². The number of anilines is 1. The van der Waals surface area contributed by atoms with Crippen molar-refractivity contribution >= 4 is 34.8 Å². The minimum absolute atomic E-state index is 0.0844. The zero-order valence-electron chi connectivity index (χ0n) is 14.1. The van der Waals surface area contributed by atoms with E-state index < -0.39 is 5.41 Å². The molecule has 1 amide bonds. The van der Waals surface area contributed by atoms with E-state index in [4.69, 9.17) is 27.7 Å². The third-order valence-corrected chi connectivity index (χ3v) is 5.49. The molecule has 4 nitrogen and oxygen atoms in total. The molecule has 1 saturated carbocycles. The predicted molar refractivity (Wildman–Crippen MR) is 103 cm³/mol. The second-order valence-electron chi connectivity index (χ2n) is 6.53. The number of carbonyl (C=O) groups is 1. The average Bonchev–Trinajstić information content (AvgIpc) is 3.30. The van der Waals surface area contributed by atoms with Crippen LogP contribution in [0.1, 0.15) is 24.1 Å². The topological polar surface area (TPSA) is 55.1 Å². The van der Waals surface area contributed by atoms with Crippen molar-refractivity contribution < 1.29 is 9.32 Å². The van der Waals surface area contributed by atoms with Gasteiger partial charge in [0.2, 0.25) is 5.91 Å². The lowest BCUT2D eigenvalue weighted by Gasteiger charge is -2.14. The Balaban J connectivity index is 1.58. The largest absolute Gasteiger partial charge is 0.356 e. The van der Waals surface area contributed by atoms with Crippen molar-refractivity contribution in [2.24, 2.45) is 0 Å². The van der Waals surface area contributed by atoms with E-state index >= 15 is 0 Å². The molecule has 1 aliphatic carbocycles. The van der Waals surface area contributed by atoms with E-state index in [2.05, 4.69) is 10.5 Å². The number of halogens is 2. The first-order valence-corrected chi connectivity index (χ1v) is 9.05. The second-order valence-corrected chi connectivity index (χ2v) is 7.38. The zero-order valence-corrected chi connectivity index (χ0v) is 15.6. The van der Waals surface area contributed by atoms with E-state index in [9.17, 15) is 4.79 Å². The van der Waals surface area contributed by atoms with Crippen LogP contribution in [0, 0.1) is 6.92 Å². The fourth-order valence-corrected chi connectivity index (χ4v) is 3.26. The van der Waals surface area contributed by atoms with Crippen molar-refractivity contribution in [3.8, 4) is 11.3 Å². The summed E-state index contributed by atoms with van der Waals surface area (Å²) in [6, 6.07) is 14.6. The third kappa shape index (κ3) is 3.00. The Morgan fingerprint density at radius 2 is 1.88 bits per heavy atom. The predicted octanol–water partition coefficient (Wildman–Crippen LogP) is 5.63. The van der Waals surface area contributed by atoms with Gasteiger partial charge in [0, 0.05) is 27.4 Å². The maximum atomic E-state index is 12.9. The Morgan fingerprint density at radius 1 is 1.15 bits per heavy atom. The van der Waals surface area contributed by atoms with Crippen LogP contribution in [-0.2, 0) is 10.2 Å². The minimum atomic E-state index is -0.636. The van der Waals surface area contributed by atoms with Crippen molar-refractivity contribution in [3.63, 3.8) is 0 Å². The molecule has 1 aliphatic rings. The van der Waals surface area contributed by atoms with Gasteiger partial charge in [-0.3, -0.25) is 4.79 Å².